The average molecular weight is 289 g/mol. The van der Waals surface area contributed by atoms with E-state index in [1.54, 1.807) is 0 Å². The van der Waals surface area contributed by atoms with Gasteiger partial charge in [0.15, 0.2) is 0 Å². The second-order valence-corrected chi connectivity index (χ2v) is 7.21. The lowest BCUT2D eigenvalue weighted by Crippen LogP contribution is -2.42. The van der Waals surface area contributed by atoms with Crippen LogP contribution in [0.1, 0.15) is 56.7 Å². The van der Waals surface area contributed by atoms with Crippen molar-refractivity contribution in [3.05, 3.63) is 29.3 Å². The Labute approximate surface area is 128 Å². The molecular weight excluding hydrogens is 262 g/mol. The number of nitrogens with one attached hydrogen (secondary N) is 1. The van der Waals surface area contributed by atoms with E-state index in [-0.39, 0.29) is 11.0 Å². The topological polar surface area (TPSA) is 30.5 Å². The number of rotatable bonds is 5. The average Bonchev–Trinajstić information content (AvgIpc) is 2.74. The Hall–Kier alpha value is -1.06. The van der Waals surface area contributed by atoms with E-state index in [9.17, 15) is 0 Å². The van der Waals surface area contributed by atoms with Gasteiger partial charge in [0.05, 0.1) is 12.2 Å². The first-order chi connectivity index (χ1) is 10.00. The van der Waals surface area contributed by atoms with Gasteiger partial charge < -0.3 is 14.8 Å². The molecule has 1 fully saturated rings. The Morgan fingerprint density at radius 3 is 2.67 bits per heavy atom. The summed E-state index contributed by atoms with van der Waals surface area (Å²) in [5, 5.41) is 3.47. The maximum absolute atomic E-state index is 5.80. The van der Waals surface area contributed by atoms with Crippen molar-refractivity contribution in [2.75, 3.05) is 20.8 Å². The van der Waals surface area contributed by atoms with Crippen molar-refractivity contribution in [2.24, 2.45) is 0 Å². The highest BCUT2D eigenvalue weighted by molar-refractivity contribution is 5.46. The smallest absolute Gasteiger partial charge is 0.123 e. The van der Waals surface area contributed by atoms with Crippen LogP contribution >= 0.6 is 0 Å². The number of hydrogen-bond donors (Lipinski definition) is 1. The Morgan fingerprint density at radius 2 is 2.10 bits per heavy atom. The second kappa shape index (κ2) is 5.29. The number of hydrogen-bond acceptors (Lipinski definition) is 3. The van der Waals surface area contributed by atoms with Gasteiger partial charge in [-0.2, -0.15) is 0 Å². The fourth-order valence-electron chi connectivity index (χ4n) is 3.58. The summed E-state index contributed by atoms with van der Waals surface area (Å²) in [5.41, 5.74) is 2.87. The van der Waals surface area contributed by atoms with Gasteiger partial charge in [0, 0.05) is 24.1 Å². The molecule has 3 rings (SSSR count). The molecule has 1 heterocycles. The number of ether oxygens (including phenoxy) is 2. The van der Waals surface area contributed by atoms with Crippen LogP contribution in [0.25, 0.3) is 0 Å². The fraction of sp³-hybridized carbons (Fsp3) is 0.667. The molecule has 0 bridgehead atoms. The van der Waals surface area contributed by atoms with Gasteiger partial charge in [-0.3, -0.25) is 0 Å². The van der Waals surface area contributed by atoms with Crippen LogP contribution in [0.5, 0.6) is 5.75 Å². The van der Waals surface area contributed by atoms with E-state index in [0.29, 0.717) is 6.04 Å². The molecule has 1 aliphatic heterocycles. The van der Waals surface area contributed by atoms with Gasteiger partial charge >= 0.3 is 0 Å². The van der Waals surface area contributed by atoms with E-state index in [4.69, 9.17) is 9.47 Å². The van der Waals surface area contributed by atoms with Gasteiger partial charge in [-0.1, -0.05) is 19.9 Å². The Morgan fingerprint density at radius 1 is 1.33 bits per heavy atom. The maximum atomic E-state index is 5.80. The molecule has 1 N–H and O–H groups in total. The summed E-state index contributed by atoms with van der Waals surface area (Å²) in [6.45, 7) is 5.27. The molecule has 0 saturated heterocycles. The summed E-state index contributed by atoms with van der Waals surface area (Å²) >= 11 is 0. The number of fused-ring (bicyclic) bond motifs is 1. The monoisotopic (exact) mass is 289 g/mol. The van der Waals surface area contributed by atoms with Crippen LogP contribution in [0.3, 0.4) is 0 Å². The number of methoxy groups -OCH3 is 1. The third kappa shape index (κ3) is 2.58. The lowest BCUT2D eigenvalue weighted by molar-refractivity contribution is -0.0834. The van der Waals surface area contributed by atoms with Crippen molar-refractivity contribution < 1.29 is 9.47 Å². The van der Waals surface area contributed by atoms with E-state index in [2.05, 4.69) is 37.4 Å². The molecule has 3 nitrogen and oxygen atoms in total. The molecule has 2 aliphatic rings. The lowest BCUT2D eigenvalue weighted by atomic mass is 9.74. The molecule has 1 saturated carbocycles. The lowest BCUT2D eigenvalue weighted by Gasteiger charge is -2.43. The van der Waals surface area contributed by atoms with E-state index >= 15 is 0 Å². The minimum Gasteiger partial charge on any atom is -0.492 e. The first-order valence-electron chi connectivity index (χ1n) is 7.99. The van der Waals surface area contributed by atoms with Crippen LogP contribution in [0.4, 0.5) is 0 Å². The van der Waals surface area contributed by atoms with Crippen LogP contribution < -0.4 is 10.1 Å². The molecule has 1 aromatic rings. The summed E-state index contributed by atoms with van der Waals surface area (Å²) in [4.78, 5) is 0. The summed E-state index contributed by atoms with van der Waals surface area (Å²) in [6, 6.07) is 6.99. The first-order valence-corrected chi connectivity index (χ1v) is 7.99. The molecule has 0 amide bonds. The molecular formula is C18H27NO2. The second-order valence-electron chi connectivity index (χ2n) is 7.21. The van der Waals surface area contributed by atoms with Crippen molar-refractivity contribution in [3.63, 3.8) is 0 Å². The molecule has 3 heteroatoms. The van der Waals surface area contributed by atoms with E-state index in [1.807, 2.05) is 14.2 Å². The third-order valence-electron chi connectivity index (χ3n) is 5.35. The quantitative estimate of drug-likeness (QED) is 0.899. The highest BCUT2D eigenvalue weighted by Gasteiger charge is 2.39. The van der Waals surface area contributed by atoms with Gasteiger partial charge in [-0.15, -0.1) is 0 Å². The van der Waals surface area contributed by atoms with E-state index in [1.165, 1.54) is 30.4 Å². The molecule has 1 unspecified atom stereocenters. The normalized spacial score (nSPS) is 23.0. The molecule has 0 radical (unpaired) electrons. The van der Waals surface area contributed by atoms with E-state index < -0.39 is 0 Å². The fourth-order valence-corrected chi connectivity index (χ4v) is 3.58. The van der Waals surface area contributed by atoms with Gasteiger partial charge in [0.1, 0.15) is 5.75 Å². The van der Waals surface area contributed by atoms with Crippen molar-refractivity contribution in [3.8, 4) is 5.75 Å². The molecule has 1 atom stereocenters. The van der Waals surface area contributed by atoms with Crippen LogP contribution in [0.2, 0.25) is 0 Å². The minimum absolute atomic E-state index is 0.0821. The van der Waals surface area contributed by atoms with Crippen molar-refractivity contribution in [1.29, 1.82) is 0 Å². The van der Waals surface area contributed by atoms with Crippen LogP contribution in [-0.4, -0.2) is 26.4 Å². The highest BCUT2D eigenvalue weighted by Crippen LogP contribution is 2.44. The van der Waals surface area contributed by atoms with Crippen LogP contribution in [0.15, 0.2) is 18.2 Å². The molecule has 0 aromatic heterocycles. The Balaban J connectivity index is 1.85. The number of benzene rings is 1. The standard InChI is InChI=1S/C18H27NO2/c1-17(2)12-21-16-7-6-13(10-14(16)17)15(19-3)11-18(20-4)8-5-9-18/h6-7,10,15,19H,5,8-9,11-12H2,1-4H3. The Kier molecular flexibility index (Phi) is 3.74. The largest absolute Gasteiger partial charge is 0.492 e. The third-order valence-corrected chi connectivity index (χ3v) is 5.35. The zero-order chi connectivity index (χ0) is 15.1. The van der Waals surface area contributed by atoms with Crippen molar-refractivity contribution in [1.82, 2.24) is 5.32 Å². The van der Waals surface area contributed by atoms with Gasteiger partial charge in [0.2, 0.25) is 0 Å². The molecule has 0 spiro atoms. The first kappa shape index (κ1) is 14.9. The summed E-state index contributed by atoms with van der Waals surface area (Å²) in [7, 11) is 3.90. The molecule has 1 aliphatic carbocycles. The van der Waals surface area contributed by atoms with Gasteiger partial charge in [-0.25, -0.2) is 0 Å². The van der Waals surface area contributed by atoms with Gasteiger partial charge in [0.25, 0.3) is 0 Å². The SMILES string of the molecule is CNC(CC1(OC)CCC1)c1ccc2c(c1)C(C)(C)CO2. The maximum Gasteiger partial charge on any atom is 0.123 e. The molecule has 21 heavy (non-hydrogen) atoms. The minimum atomic E-state index is 0.0821. The van der Waals surface area contributed by atoms with Crippen molar-refractivity contribution in [2.45, 2.75) is 56.6 Å². The van der Waals surface area contributed by atoms with Gasteiger partial charge in [-0.05, 0) is 50.4 Å². The predicted molar refractivity (Wildman–Crippen MR) is 85.0 cm³/mol. The molecule has 1 aromatic carbocycles. The predicted octanol–water partition coefficient (Wildman–Crippen LogP) is 3.58. The zero-order valence-electron chi connectivity index (χ0n) is 13.7. The summed E-state index contributed by atoms with van der Waals surface area (Å²) in [6.07, 6.45) is 4.69. The molecule has 116 valence electrons. The van der Waals surface area contributed by atoms with Crippen LogP contribution in [-0.2, 0) is 10.2 Å². The van der Waals surface area contributed by atoms with Crippen molar-refractivity contribution >= 4 is 0 Å². The zero-order valence-corrected chi connectivity index (χ0v) is 13.7. The summed E-state index contributed by atoms with van der Waals surface area (Å²) in [5.74, 6) is 1.05. The highest BCUT2D eigenvalue weighted by atomic mass is 16.5. The summed E-state index contributed by atoms with van der Waals surface area (Å²) < 4.78 is 11.6. The van der Waals surface area contributed by atoms with E-state index in [0.717, 1.165) is 18.8 Å². The van der Waals surface area contributed by atoms with Crippen LogP contribution in [0, 0.1) is 0 Å². The Bertz CT molecular complexity index is 514.